The summed E-state index contributed by atoms with van der Waals surface area (Å²) in [7, 11) is 0. The Morgan fingerprint density at radius 1 is 0.929 bits per heavy atom. The number of esters is 2. The molecule has 3 rings (SSSR count). The predicted molar refractivity (Wildman–Crippen MR) is 98.4 cm³/mol. The van der Waals surface area contributed by atoms with Crippen LogP contribution in [0.2, 0.25) is 0 Å². The molecule has 0 aromatic heterocycles. The average Bonchev–Trinajstić information content (AvgIpc) is 2.72. The zero-order chi connectivity index (χ0) is 20.1. The summed E-state index contributed by atoms with van der Waals surface area (Å²) in [5, 5.41) is 31.4. The quantitative estimate of drug-likeness (QED) is 0.402. The number of hydrogen-bond acceptors (Lipinski definition) is 7. The molecule has 1 aliphatic rings. The van der Waals surface area contributed by atoms with E-state index >= 15 is 0 Å². The Hall–Kier alpha value is -3.00. The normalized spacial score (nSPS) is 26.5. The first-order valence-corrected chi connectivity index (χ1v) is 8.67. The van der Waals surface area contributed by atoms with E-state index in [2.05, 4.69) is 0 Å². The summed E-state index contributed by atoms with van der Waals surface area (Å²) < 4.78 is 10.3. The van der Waals surface area contributed by atoms with E-state index < -0.39 is 42.3 Å². The highest BCUT2D eigenvalue weighted by Gasteiger charge is 2.51. The molecule has 4 atom stereocenters. The molecule has 146 valence electrons. The number of rotatable bonds is 5. The number of para-hydroxylation sites is 1. The molecule has 0 amide bonds. The smallest absolute Gasteiger partial charge is 0.338 e. The van der Waals surface area contributed by atoms with Crippen LogP contribution < -0.4 is 4.74 Å². The summed E-state index contributed by atoms with van der Waals surface area (Å²) in [4.78, 5) is 24.5. The van der Waals surface area contributed by atoms with Crippen LogP contribution in [0.25, 0.3) is 0 Å². The average molecular weight is 384 g/mol. The summed E-state index contributed by atoms with van der Waals surface area (Å²) in [6, 6.07) is 16.3. The van der Waals surface area contributed by atoms with Crippen LogP contribution in [-0.2, 0) is 9.53 Å². The van der Waals surface area contributed by atoms with E-state index in [0.29, 0.717) is 0 Å². The highest BCUT2D eigenvalue weighted by Crippen LogP contribution is 2.30. The molecule has 1 aliphatic carbocycles. The maximum atomic E-state index is 12.4. The summed E-state index contributed by atoms with van der Waals surface area (Å²) in [5.41, 5.74) is -2.01. The van der Waals surface area contributed by atoms with Crippen molar-refractivity contribution < 1.29 is 34.4 Å². The van der Waals surface area contributed by atoms with E-state index in [1.807, 2.05) is 0 Å². The molecule has 2 aromatic rings. The first-order valence-electron chi connectivity index (χ1n) is 8.67. The van der Waals surface area contributed by atoms with Crippen LogP contribution in [-0.4, -0.2) is 51.7 Å². The largest absolute Gasteiger partial charge is 0.459 e. The Kier molecular flexibility index (Phi) is 5.89. The van der Waals surface area contributed by atoms with Crippen LogP contribution >= 0.6 is 0 Å². The van der Waals surface area contributed by atoms with Crippen LogP contribution in [0.1, 0.15) is 10.4 Å². The fraction of sp³-hybridized carbons (Fsp3) is 0.238. The van der Waals surface area contributed by atoms with Gasteiger partial charge in [0.05, 0.1) is 5.56 Å². The van der Waals surface area contributed by atoms with Gasteiger partial charge in [0.25, 0.3) is 0 Å². The zero-order valence-corrected chi connectivity index (χ0v) is 14.8. The summed E-state index contributed by atoms with van der Waals surface area (Å²) in [6.07, 6.45) is -0.854. The van der Waals surface area contributed by atoms with Gasteiger partial charge in [0.1, 0.15) is 30.5 Å². The van der Waals surface area contributed by atoms with Crippen molar-refractivity contribution in [3.63, 3.8) is 0 Å². The van der Waals surface area contributed by atoms with Crippen LogP contribution in [0.4, 0.5) is 0 Å². The number of ether oxygens (including phenoxy) is 2. The van der Waals surface area contributed by atoms with Gasteiger partial charge in [-0.25, -0.2) is 4.79 Å². The third-order valence-corrected chi connectivity index (χ3v) is 4.54. The van der Waals surface area contributed by atoms with Crippen molar-refractivity contribution in [2.24, 2.45) is 5.92 Å². The van der Waals surface area contributed by atoms with Crippen LogP contribution in [0, 0.1) is 5.92 Å². The van der Waals surface area contributed by atoms with E-state index in [1.165, 1.54) is 24.3 Å². The van der Waals surface area contributed by atoms with Gasteiger partial charge in [-0.3, -0.25) is 4.79 Å². The number of carbonyl (C=O) groups excluding carboxylic acids is 2. The maximum absolute atomic E-state index is 12.4. The van der Waals surface area contributed by atoms with Gasteiger partial charge < -0.3 is 24.8 Å². The Labute approximate surface area is 161 Å². The summed E-state index contributed by atoms with van der Waals surface area (Å²) >= 11 is 0. The Bertz CT molecular complexity index is 850. The number of aliphatic hydroxyl groups excluding tert-OH is 2. The van der Waals surface area contributed by atoms with Gasteiger partial charge in [0.2, 0.25) is 0 Å². The van der Waals surface area contributed by atoms with Gasteiger partial charge in [0, 0.05) is 0 Å². The molecule has 28 heavy (non-hydrogen) atoms. The van der Waals surface area contributed by atoms with Gasteiger partial charge in [-0.15, -0.1) is 0 Å². The fourth-order valence-electron chi connectivity index (χ4n) is 2.87. The summed E-state index contributed by atoms with van der Waals surface area (Å²) in [5.74, 6) is -2.51. The first kappa shape index (κ1) is 19.8. The molecule has 0 radical (unpaired) electrons. The standard InChI is InChI=1S/C21H20O7/c22-17-12-11-16(20(25)28-15-9-5-2-6-10-15)18(23)21(17,26)13-27-19(24)14-7-3-1-4-8-14/h1-12,16-18,22-23,26H,13H2/t16-,17+,18+,21-/m1/s1. The second kappa shape index (κ2) is 8.35. The molecule has 0 heterocycles. The van der Waals surface area contributed by atoms with Gasteiger partial charge in [-0.2, -0.15) is 0 Å². The monoisotopic (exact) mass is 384 g/mol. The first-order chi connectivity index (χ1) is 13.4. The lowest BCUT2D eigenvalue weighted by Gasteiger charge is -2.40. The molecular formula is C21H20O7. The van der Waals surface area contributed by atoms with E-state index in [4.69, 9.17) is 9.47 Å². The van der Waals surface area contributed by atoms with Crippen molar-refractivity contribution in [3.05, 3.63) is 78.4 Å². The molecule has 0 saturated carbocycles. The Balaban J connectivity index is 1.71. The minimum atomic E-state index is -2.26. The van der Waals surface area contributed by atoms with Crippen molar-refractivity contribution in [3.8, 4) is 5.75 Å². The van der Waals surface area contributed by atoms with E-state index in [0.717, 1.165) is 0 Å². The molecular weight excluding hydrogens is 364 g/mol. The highest BCUT2D eigenvalue weighted by atomic mass is 16.6. The van der Waals surface area contributed by atoms with E-state index in [1.54, 1.807) is 48.5 Å². The van der Waals surface area contributed by atoms with Crippen molar-refractivity contribution in [1.29, 1.82) is 0 Å². The molecule has 0 fully saturated rings. The number of benzene rings is 2. The SMILES string of the molecule is O=C(OC[C@@]1(O)[C@@H](O)C=C[C@@H](C(=O)Oc2ccccc2)[C@@H]1O)c1ccccc1. The molecule has 7 heteroatoms. The second-order valence-electron chi connectivity index (χ2n) is 6.47. The lowest BCUT2D eigenvalue weighted by Crippen LogP contribution is -2.61. The highest BCUT2D eigenvalue weighted by molar-refractivity contribution is 5.89. The topological polar surface area (TPSA) is 113 Å². The lowest BCUT2D eigenvalue weighted by molar-refractivity contribution is -0.180. The Morgan fingerprint density at radius 2 is 1.54 bits per heavy atom. The maximum Gasteiger partial charge on any atom is 0.338 e. The third kappa shape index (κ3) is 4.12. The van der Waals surface area contributed by atoms with Crippen molar-refractivity contribution in [2.45, 2.75) is 17.8 Å². The molecule has 3 N–H and O–H groups in total. The molecule has 0 bridgehead atoms. The number of aliphatic hydroxyl groups is 3. The minimum Gasteiger partial charge on any atom is -0.459 e. The van der Waals surface area contributed by atoms with E-state index in [9.17, 15) is 24.9 Å². The van der Waals surface area contributed by atoms with E-state index in [-0.39, 0.29) is 11.3 Å². The second-order valence-corrected chi connectivity index (χ2v) is 6.47. The zero-order valence-electron chi connectivity index (χ0n) is 14.8. The predicted octanol–water partition coefficient (Wildman–Crippen LogP) is 1.09. The van der Waals surface area contributed by atoms with Gasteiger partial charge in [-0.05, 0) is 24.3 Å². The van der Waals surface area contributed by atoms with Gasteiger partial charge in [0.15, 0.2) is 5.60 Å². The lowest BCUT2D eigenvalue weighted by atomic mass is 9.78. The van der Waals surface area contributed by atoms with Crippen molar-refractivity contribution >= 4 is 11.9 Å². The van der Waals surface area contributed by atoms with Crippen LogP contribution in [0.3, 0.4) is 0 Å². The third-order valence-electron chi connectivity index (χ3n) is 4.54. The molecule has 0 aliphatic heterocycles. The molecule has 0 unspecified atom stereocenters. The Morgan fingerprint density at radius 3 is 2.18 bits per heavy atom. The van der Waals surface area contributed by atoms with Crippen molar-refractivity contribution in [2.75, 3.05) is 6.61 Å². The van der Waals surface area contributed by atoms with Crippen LogP contribution in [0.5, 0.6) is 5.75 Å². The fourth-order valence-corrected chi connectivity index (χ4v) is 2.87. The van der Waals surface area contributed by atoms with Gasteiger partial charge in [-0.1, -0.05) is 48.6 Å². The molecule has 7 nitrogen and oxygen atoms in total. The minimum absolute atomic E-state index is 0.251. The number of carbonyl (C=O) groups is 2. The number of hydrogen-bond donors (Lipinski definition) is 3. The van der Waals surface area contributed by atoms with Crippen molar-refractivity contribution in [1.82, 2.24) is 0 Å². The molecule has 2 aromatic carbocycles. The molecule has 0 saturated heterocycles. The molecule has 0 spiro atoms. The van der Waals surface area contributed by atoms with Gasteiger partial charge >= 0.3 is 11.9 Å². The van der Waals surface area contributed by atoms with Crippen LogP contribution in [0.15, 0.2) is 72.8 Å². The summed E-state index contributed by atoms with van der Waals surface area (Å²) in [6.45, 7) is -0.706.